The second kappa shape index (κ2) is 14.2. The van der Waals surface area contributed by atoms with Crippen molar-refractivity contribution in [1.82, 2.24) is 0 Å². The molecule has 0 spiro atoms. The summed E-state index contributed by atoms with van der Waals surface area (Å²) in [4.78, 5) is 0. The van der Waals surface area contributed by atoms with E-state index in [2.05, 4.69) is 187 Å². The van der Waals surface area contributed by atoms with Gasteiger partial charge < -0.3 is 12.9 Å². The standard InChI is InChI=1S/C48H46O3P2/c1-7-47(3,4)35-31-40(48(5,6)8-2)46(43(32-35)52(36-21-11-9-12-22-36)37-23-13-10-14-24-37)51-53-49-41-29-27-33-19-15-17-25-38(33)44(41)45-39-26-18-16-20-34(39)28-30-42(45)50-53/h9-32H,7-8H2,1-6H3. The van der Waals surface area contributed by atoms with Gasteiger partial charge in [0, 0.05) is 21.6 Å². The van der Waals surface area contributed by atoms with Crippen LogP contribution in [0.2, 0.25) is 0 Å². The van der Waals surface area contributed by atoms with Crippen molar-refractivity contribution in [2.45, 2.75) is 65.2 Å². The van der Waals surface area contributed by atoms with E-state index in [4.69, 9.17) is 12.9 Å². The molecular weight excluding hydrogens is 686 g/mol. The molecule has 53 heavy (non-hydrogen) atoms. The number of hydrogen-bond acceptors (Lipinski definition) is 3. The molecule has 0 bridgehead atoms. The molecule has 0 saturated heterocycles. The molecule has 0 fully saturated rings. The lowest BCUT2D eigenvalue weighted by atomic mass is 9.76. The van der Waals surface area contributed by atoms with Gasteiger partial charge in [-0.15, -0.1) is 0 Å². The Morgan fingerprint density at radius 3 is 1.51 bits per heavy atom. The fourth-order valence-electron chi connectivity index (χ4n) is 7.21. The first-order chi connectivity index (χ1) is 25.7. The van der Waals surface area contributed by atoms with Crippen LogP contribution in [0.1, 0.15) is 65.5 Å². The molecule has 0 N–H and O–H groups in total. The Morgan fingerprint density at radius 2 is 1.02 bits per heavy atom. The summed E-state index contributed by atoms with van der Waals surface area (Å²) in [6, 6.07) is 52.2. The highest BCUT2D eigenvalue weighted by atomic mass is 31.1. The average molecular weight is 733 g/mol. The van der Waals surface area contributed by atoms with Crippen LogP contribution in [0.25, 0.3) is 43.5 Å². The minimum absolute atomic E-state index is 0.0408. The molecule has 266 valence electrons. The lowest BCUT2D eigenvalue weighted by Crippen LogP contribution is -2.28. The highest BCUT2D eigenvalue weighted by molar-refractivity contribution is 7.80. The van der Waals surface area contributed by atoms with Crippen molar-refractivity contribution in [3.63, 3.8) is 0 Å². The van der Waals surface area contributed by atoms with E-state index in [9.17, 15) is 0 Å². The molecule has 3 nitrogen and oxygen atoms in total. The van der Waals surface area contributed by atoms with Gasteiger partial charge in [-0.3, -0.25) is 0 Å². The van der Waals surface area contributed by atoms with Gasteiger partial charge >= 0.3 is 8.24 Å². The van der Waals surface area contributed by atoms with E-state index in [0.29, 0.717) is 0 Å². The predicted octanol–water partition coefficient (Wildman–Crippen LogP) is 13.6. The van der Waals surface area contributed by atoms with Crippen molar-refractivity contribution in [3.8, 4) is 5.75 Å². The van der Waals surface area contributed by atoms with E-state index >= 15 is 0 Å². The maximum Gasteiger partial charge on any atom is 0.453 e. The molecule has 0 radical (unpaired) electrons. The molecule has 7 aromatic carbocycles. The van der Waals surface area contributed by atoms with Crippen LogP contribution in [0.5, 0.6) is 5.75 Å². The van der Waals surface area contributed by atoms with E-state index in [-0.39, 0.29) is 10.8 Å². The van der Waals surface area contributed by atoms with Crippen molar-refractivity contribution in [1.29, 1.82) is 0 Å². The van der Waals surface area contributed by atoms with Crippen LogP contribution in [0.15, 0.2) is 154 Å². The molecule has 5 heteroatoms. The maximum absolute atomic E-state index is 7.39. The first-order valence-electron chi connectivity index (χ1n) is 18.7. The van der Waals surface area contributed by atoms with Crippen LogP contribution in [0.4, 0.5) is 0 Å². The molecule has 0 unspecified atom stereocenters. The summed E-state index contributed by atoms with van der Waals surface area (Å²) in [6.45, 7) is 13.9. The van der Waals surface area contributed by atoms with Gasteiger partial charge in [-0.1, -0.05) is 169 Å². The Bertz CT molecular complexity index is 2490. The molecule has 0 aliphatic rings. The number of fused-ring (bicyclic) bond motifs is 7. The predicted molar refractivity (Wildman–Crippen MR) is 229 cm³/mol. The molecule has 0 aliphatic heterocycles. The molecule has 1 heterocycles. The van der Waals surface area contributed by atoms with Crippen LogP contribution in [-0.2, 0) is 10.8 Å². The first-order valence-corrected chi connectivity index (χ1v) is 21.1. The fourth-order valence-corrected chi connectivity index (χ4v) is 10.8. The van der Waals surface area contributed by atoms with Gasteiger partial charge in [0.05, 0.1) is 0 Å². The second-order valence-electron chi connectivity index (χ2n) is 15.2. The normalized spacial score (nSPS) is 12.3. The summed E-state index contributed by atoms with van der Waals surface area (Å²) in [5, 5.41) is 10.4. The summed E-state index contributed by atoms with van der Waals surface area (Å²) in [5.41, 5.74) is 3.80. The zero-order valence-corrected chi connectivity index (χ0v) is 33.2. The molecule has 0 amide bonds. The van der Waals surface area contributed by atoms with Crippen molar-refractivity contribution in [3.05, 3.63) is 157 Å². The first kappa shape index (κ1) is 35.2. The van der Waals surface area contributed by atoms with Crippen LogP contribution in [0.3, 0.4) is 0 Å². The van der Waals surface area contributed by atoms with Crippen LogP contribution >= 0.6 is 16.2 Å². The summed E-state index contributed by atoms with van der Waals surface area (Å²) in [5.74, 6) is 0.865. The van der Waals surface area contributed by atoms with Gasteiger partial charge in [0.15, 0.2) is 0 Å². The molecule has 8 rings (SSSR count). The molecular formula is C48H46O3P2. The lowest BCUT2D eigenvalue weighted by Gasteiger charge is -2.33. The largest absolute Gasteiger partial charge is 0.453 e. The molecule has 1 aromatic heterocycles. The molecule has 8 aromatic rings. The summed E-state index contributed by atoms with van der Waals surface area (Å²) in [7, 11) is -2.95. The van der Waals surface area contributed by atoms with Crippen molar-refractivity contribution in [2.75, 3.05) is 0 Å². The van der Waals surface area contributed by atoms with E-state index in [1.165, 1.54) is 27.0 Å². The highest BCUT2D eigenvalue weighted by Crippen LogP contribution is 2.49. The van der Waals surface area contributed by atoms with E-state index < -0.39 is 16.2 Å². The highest BCUT2D eigenvalue weighted by Gasteiger charge is 2.33. The van der Waals surface area contributed by atoms with Crippen molar-refractivity contribution >= 4 is 75.6 Å². The van der Waals surface area contributed by atoms with Gasteiger partial charge in [-0.05, 0) is 87.5 Å². The third kappa shape index (κ3) is 6.56. The number of benzene rings is 7. The van der Waals surface area contributed by atoms with E-state index in [0.717, 1.165) is 62.1 Å². The van der Waals surface area contributed by atoms with Crippen molar-refractivity contribution < 1.29 is 12.9 Å². The minimum Gasteiger partial charge on any atom is -0.390 e. The summed E-state index contributed by atoms with van der Waals surface area (Å²) >= 11 is 0. The van der Waals surface area contributed by atoms with Crippen molar-refractivity contribution in [2.24, 2.45) is 0 Å². The zero-order chi connectivity index (χ0) is 36.7. The maximum atomic E-state index is 7.39. The summed E-state index contributed by atoms with van der Waals surface area (Å²) < 4.78 is 21.4. The van der Waals surface area contributed by atoms with Gasteiger partial charge in [0.1, 0.15) is 16.9 Å². The monoisotopic (exact) mass is 732 g/mol. The third-order valence-electron chi connectivity index (χ3n) is 11.2. The molecule has 0 atom stereocenters. The molecule has 0 saturated carbocycles. The summed E-state index contributed by atoms with van der Waals surface area (Å²) in [6.07, 6.45) is 1.96. The third-order valence-corrected chi connectivity index (χ3v) is 14.6. The second-order valence-corrected chi connectivity index (χ2v) is 18.4. The quantitative estimate of drug-likeness (QED) is 0.139. The van der Waals surface area contributed by atoms with E-state index in [1.54, 1.807) is 0 Å². The number of rotatable bonds is 9. The average Bonchev–Trinajstić information content (AvgIpc) is 3.36. The minimum atomic E-state index is -1.94. The van der Waals surface area contributed by atoms with Crippen LogP contribution in [0, 0.1) is 0 Å². The van der Waals surface area contributed by atoms with Crippen LogP contribution in [-0.4, -0.2) is 0 Å². The van der Waals surface area contributed by atoms with Gasteiger partial charge in [-0.25, -0.2) is 0 Å². The number of hydrogen-bond donors (Lipinski definition) is 0. The van der Waals surface area contributed by atoms with Crippen LogP contribution < -0.4 is 20.4 Å². The Labute approximate surface area is 315 Å². The van der Waals surface area contributed by atoms with Gasteiger partial charge in [-0.2, -0.15) is 0 Å². The zero-order valence-electron chi connectivity index (χ0n) is 31.4. The smallest absolute Gasteiger partial charge is 0.390 e. The van der Waals surface area contributed by atoms with Gasteiger partial charge in [0.25, 0.3) is 0 Å². The van der Waals surface area contributed by atoms with Gasteiger partial charge in [0.2, 0.25) is 0 Å². The topological polar surface area (TPSA) is 35.5 Å². The Balaban J connectivity index is 1.48. The molecule has 0 aliphatic carbocycles. The Morgan fingerprint density at radius 1 is 0.547 bits per heavy atom. The SMILES string of the molecule is CCC(C)(C)c1cc(P(c2ccccc2)c2ccccc2)c(Op2oc3ccc4ccccc4c3c3c(ccc4ccccc43)o2)c(C(C)(C)CC)c1. The lowest BCUT2D eigenvalue weighted by molar-refractivity contribution is 0.454. The van der Waals surface area contributed by atoms with E-state index in [1.807, 2.05) is 0 Å². The Hall–Kier alpha value is -4.81. The fraction of sp³-hybridized carbons (Fsp3) is 0.208. The Kier molecular flexibility index (Phi) is 9.44.